The minimum Gasteiger partial charge on any atom is -0.466 e. The Bertz CT molecular complexity index is 648. The molecule has 0 fully saturated rings. The van der Waals surface area contributed by atoms with Crippen LogP contribution >= 0.6 is 27.5 Å². The molecule has 0 aliphatic carbocycles. The highest BCUT2D eigenvalue weighted by Crippen LogP contribution is 2.28. The maximum absolute atomic E-state index is 12.3. The molecule has 118 valence electrons. The largest absolute Gasteiger partial charge is 0.466 e. The van der Waals surface area contributed by atoms with Crippen LogP contribution in [0.4, 0.5) is 5.69 Å². The summed E-state index contributed by atoms with van der Waals surface area (Å²) in [6.45, 7) is 0.0674. The standard InChI is InChI=1S/C14H14BrClN2O4/c1-22-14(21)9-7-18(4-5-19)13(20)12(9)17-8-2-3-11(16)10(15)6-8/h2-3,6,17,19H,4-5,7H2,1H3. The third-order valence-electron chi connectivity index (χ3n) is 3.14. The first-order valence-electron chi connectivity index (χ1n) is 6.41. The average Bonchev–Trinajstić information content (AvgIpc) is 2.80. The number of hydrogen-bond acceptors (Lipinski definition) is 5. The van der Waals surface area contributed by atoms with Gasteiger partial charge in [-0.15, -0.1) is 0 Å². The van der Waals surface area contributed by atoms with Crippen LogP contribution in [0.5, 0.6) is 0 Å². The molecule has 22 heavy (non-hydrogen) atoms. The van der Waals surface area contributed by atoms with E-state index in [1.807, 2.05) is 0 Å². The molecule has 1 aliphatic rings. The molecule has 2 rings (SSSR count). The second-order valence-electron chi connectivity index (χ2n) is 4.55. The highest BCUT2D eigenvalue weighted by molar-refractivity contribution is 9.10. The number of carbonyl (C=O) groups is 2. The van der Waals surface area contributed by atoms with Gasteiger partial charge in [-0.05, 0) is 34.1 Å². The van der Waals surface area contributed by atoms with Gasteiger partial charge in [0.25, 0.3) is 5.91 Å². The lowest BCUT2D eigenvalue weighted by atomic mass is 10.2. The van der Waals surface area contributed by atoms with Crippen molar-refractivity contribution in [2.75, 3.05) is 32.1 Å². The van der Waals surface area contributed by atoms with Crippen LogP contribution in [0.25, 0.3) is 0 Å². The summed E-state index contributed by atoms with van der Waals surface area (Å²) < 4.78 is 5.38. The molecule has 0 radical (unpaired) electrons. The van der Waals surface area contributed by atoms with Gasteiger partial charge in [0.05, 0.1) is 30.9 Å². The highest BCUT2D eigenvalue weighted by Gasteiger charge is 2.34. The van der Waals surface area contributed by atoms with E-state index in [1.165, 1.54) is 12.0 Å². The Morgan fingerprint density at radius 3 is 2.86 bits per heavy atom. The fraction of sp³-hybridized carbons (Fsp3) is 0.286. The Hall–Kier alpha value is -1.57. The number of esters is 1. The highest BCUT2D eigenvalue weighted by atomic mass is 79.9. The van der Waals surface area contributed by atoms with Crippen molar-refractivity contribution in [3.63, 3.8) is 0 Å². The van der Waals surface area contributed by atoms with E-state index in [4.69, 9.17) is 21.4 Å². The molecule has 1 aromatic carbocycles. The van der Waals surface area contributed by atoms with Crippen LogP contribution in [-0.2, 0) is 14.3 Å². The normalized spacial score (nSPS) is 14.5. The fourth-order valence-electron chi connectivity index (χ4n) is 2.07. The van der Waals surface area contributed by atoms with E-state index in [0.29, 0.717) is 15.2 Å². The Balaban J connectivity index is 2.32. The number of methoxy groups -OCH3 is 1. The van der Waals surface area contributed by atoms with Gasteiger partial charge in [0.1, 0.15) is 5.70 Å². The third kappa shape index (κ3) is 3.43. The summed E-state index contributed by atoms with van der Waals surface area (Å²) in [6.07, 6.45) is 0. The van der Waals surface area contributed by atoms with Gasteiger partial charge in [-0.2, -0.15) is 0 Å². The summed E-state index contributed by atoms with van der Waals surface area (Å²) >= 11 is 9.23. The maximum atomic E-state index is 12.3. The van der Waals surface area contributed by atoms with Gasteiger partial charge >= 0.3 is 5.97 Å². The van der Waals surface area contributed by atoms with Crippen LogP contribution in [0.3, 0.4) is 0 Å². The monoisotopic (exact) mass is 388 g/mol. The lowest BCUT2D eigenvalue weighted by Gasteiger charge is -2.15. The molecule has 2 N–H and O–H groups in total. The topological polar surface area (TPSA) is 78.9 Å². The molecule has 0 bridgehead atoms. The zero-order valence-electron chi connectivity index (χ0n) is 11.7. The van der Waals surface area contributed by atoms with E-state index < -0.39 is 5.97 Å². The predicted octanol–water partition coefficient (Wildman–Crippen LogP) is 1.78. The third-order valence-corrected chi connectivity index (χ3v) is 4.36. The van der Waals surface area contributed by atoms with Crippen molar-refractivity contribution in [1.82, 2.24) is 4.90 Å². The molecule has 6 nitrogen and oxygen atoms in total. The van der Waals surface area contributed by atoms with Crippen LogP contribution in [0, 0.1) is 0 Å². The number of benzene rings is 1. The van der Waals surface area contributed by atoms with Crippen LogP contribution in [-0.4, -0.2) is 48.7 Å². The number of halogens is 2. The quantitative estimate of drug-likeness (QED) is 0.751. The van der Waals surface area contributed by atoms with Crippen LogP contribution in [0.1, 0.15) is 0 Å². The molecular weight excluding hydrogens is 376 g/mol. The molecule has 1 heterocycles. The Morgan fingerprint density at radius 2 is 2.27 bits per heavy atom. The SMILES string of the molecule is COC(=O)C1=C(Nc2ccc(Cl)c(Br)c2)C(=O)N(CCO)C1. The molecule has 1 aliphatic heterocycles. The summed E-state index contributed by atoms with van der Waals surface area (Å²) in [5.74, 6) is -0.940. The number of amides is 1. The van der Waals surface area contributed by atoms with Crippen molar-refractivity contribution in [3.05, 3.63) is 39.0 Å². The van der Waals surface area contributed by atoms with Crippen LogP contribution in [0.15, 0.2) is 33.9 Å². The molecule has 0 unspecified atom stereocenters. The number of anilines is 1. The van der Waals surface area contributed by atoms with E-state index in [0.717, 1.165) is 0 Å². The average molecular weight is 390 g/mol. The van der Waals surface area contributed by atoms with Crippen molar-refractivity contribution in [3.8, 4) is 0 Å². The van der Waals surface area contributed by atoms with Crippen LogP contribution < -0.4 is 5.32 Å². The van der Waals surface area contributed by atoms with Gasteiger partial charge in [-0.25, -0.2) is 4.79 Å². The Labute approximate surface area is 140 Å². The zero-order chi connectivity index (χ0) is 16.3. The zero-order valence-corrected chi connectivity index (χ0v) is 14.1. The Kier molecular flexibility index (Phi) is 5.44. The van der Waals surface area contributed by atoms with Gasteiger partial charge in [-0.3, -0.25) is 4.79 Å². The number of aliphatic hydroxyl groups excluding tert-OH is 1. The summed E-state index contributed by atoms with van der Waals surface area (Å²) in [6, 6.07) is 5.06. The minimum atomic E-state index is -0.579. The van der Waals surface area contributed by atoms with E-state index >= 15 is 0 Å². The Morgan fingerprint density at radius 1 is 1.55 bits per heavy atom. The fourth-order valence-corrected chi connectivity index (χ4v) is 2.56. The lowest BCUT2D eigenvalue weighted by molar-refractivity contribution is -0.136. The van der Waals surface area contributed by atoms with Gasteiger partial charge in [0.2, 0.25) is 0 Å². The second-order valence-corrected chi connectivity index (χ2v) is 5.81. The molecular formula is C14H14BrClN2O4. The van der Waals surface area contributed by atoms with Gasteiger partial charge < -0.3 is 20.1 Å². The van der Waals surface area contributed by atoms with Crippen molar-refractivity contribution >= 4 is 45.1 Å². The van der Waals surface area contributed by atoms with E-state index in [9.17, 15) is 9.59 Å². The molecule has 8 heteroatoms. The predicted molar refractivity (Wildman–Crippen MR) is 85.5 cm³/mol. The summed E-state index contributed by atoms with van der Waals surface area (Å²) in [5, 5.41) is 12.5. The summed E-state index contributed by atoms with van der Waals surface area (Å²) in [4.78, 5) is 25.5. The number of nitrogens with one attached hydrogen (secondary N) is 1. The first kappa shape index (κ1) is 16.8. The first-order valence-corrected chi connectivity index (χ1v) is 7.58. The summed E-state index contributed by atoms with van der Waals surface area (Å²) in [5.41, 5.74) is 0.980. The maximum Gasteiger partial charge on any atom is 0.337 e. The summed E-state index contributed by atoms with van der Waals surface area (Å²) in [7, 11) is 1.25. The molecule has 0 saturated heterocycles. The van der Waals surface area contributed by atoms with Gasteiger partial charge in [0.15, 0.2) is 0 Å². The number of rotatable bonds is 5. The molecule has 0 spiro atoms. The van der Waals surface area contributed by atoms with Crippen molar-refractivity contribution < 1.29 is 19.4 Å². The van der Waals surface area contributed by atoms with Gasteiger partial charge in [-0.1, -0.05) is 11.6 Å². The minimum absolute atomic E-state index is 0.100. The second kappa shape index (κ2) is 7.13. The van der Waals surface area contributed by atoms with E-state index in [1.54, 1.807) is 18.2 Å². The van der Waals surface area contributed by atoms with Crippen molar-refractivity contribution in [1.29, 1.82) is 0 Å². The number of nitrogens with zero attached hydrogens (tertiary/aromatic N) is 1. The molecule has 0 atom stereocenters. The molecule has 0 aromatic heterocycles. The first-order chi connectivity index (χ1) is 10.5. The number of ether oxygens (including phenoxy) is 1. The number of carbonyl (C=O) groups excluding carboxylic acids is 2. The lowest BCUT2D eigenvalue weighted by Crippen LogP contribution is -2.31. The van der Waals surface area contributed by atoms with E-state index in [-0.39, 0.29) is 36.9 Å². The van der Waals surface area contributed by atoms with E-state index in [2.05, 4.69) is 21.2 Å². The van der Waals surface area contributed by atoms with Crippen molar-refractivity contribution in [2.24, 2.45) is 0 Å². The molecule has 1 aromatic rings. The number of hydrogen-bond donors (Lipinski definition) is 2. The molecule has 0 saturated carbocycles. The number of aliphatic hydroxyl groups is 1. The number of β-amino-alcohol motifs (C(OH)–C–C–N with tert-alkyl or cyclic N) is 1. The van der Waals surface area contributed by atoms with Crippen molar-refractivity contribution in [2.45, 2.75) is 0 Å². The van der Waals surface area contributed by atoms with Gasteiger partial charge in [0, 0.05) is 16.7 Å². The van der Waals surface area contributed by atoms with Crippen LogP contribution in [0.2, 0.25) is 5.02 Å². The smallest absolute Gasteiger partial charge is 0.337 e. The molecule has 1 amide bonds.